The van der Waals surface area contributed by atoms with Crippen molar-refractivity contribution in [2.24, 2.45) is 0 Å². The Morgan fingerprint density at radius 2 is 1.96 bits per heavy atom. The van der Waals surface area contributed by atoms with E-state index in [4.69, 9.17) is 4.74 Å². The first kappa shape index (κ1) is 15.6. The second kappa shape index (κ2) is 7.29. The van der Waals surface area contributed by atoms with E-state index in [1.165, 1.54) is 25.9 Å². The predicted octanol–water partition coefficient (Wildman–Crippen LogP) is 0.660. The summed E-state index contributed by atoms with van der Waals surface area (Å²) in [5.41, 5.74) is 0.795. The van der Waals surface area contributed by atoms with Crippen molar-refractivity contribution in [1.82, 2.24) is 0 Å². The molecule has 0 saturated carbocycles. The number of carbonyl (C=O) groups excluding carboxylic acids is 1. The van der Waals surface area contributed by atoms with E-state index < -0.39 is 5.97 Å². The lowest BCUT2D eigenvalue weighted by atomic mass is 10.0. The standard InChI is InChI=1S/C19H21NO3/c21-19(22)10-8-17-16-6-2-1-5-15(16)7-9-18(17)23-14-13-20-11-3-4-12-20/h1-2,5-10H,3-4,11-14H2,(H,21,22)/b10-8+. The molecule has 0 spiro atoms. The summed E-state index contributed by atoms with van der Waals surface area (Å²) in [5.74, 6) is -0.481. The van der Waals surface area contributed by atoms with E-state index in [1.807, 2.05) is 36.4 Å². The topological polar surface area (TPSA) is 53.8 Å². The lowest BCUT2D eigenvalue weighted by Gasteiger charge is -2.15. The minimum Gasteiger partial charge on any atom is -0.545 e. The van der Waals surface area contributed by atoms with E-state index in [0.717, 1.165) is 34.7 Å². The third-order valence-corrected chi connectivity index (χ3v) is 4.34. The van der Waals surface area contributed by atoms with Gasteiger partial charge in [-0.1, -0.05) is 30.3 Å². The molecule has 0 bridgehead atoms. The van der Waals surface area contributed by atoms with Gasteiger partial charge in [0.15, 0.2) is 0 Å². The van der Waals surface area contributed by atoms with Gasteiger partial charge in [0.1, 0.15) is 18.9 Å². The number of aliphatic carboxylic acids is 1. The van der Waals surface area contributed by atoms with Crippen LogP contribution in [-0.4, -0.2) is 32.2 Å². The second-order valence-electron chi connectivity index (χ2n) is 5.91. The maximum Gasteiger partial charge on any atom is 0.137 e. The van der Waals surface area contributed by atoms with E-state index >= 15 is 0 Å². The fourth-order valence-corrected chi connectivity index (χ4v) is 3.16. The van der Waals surface area contributed by atoms with Crippen molar-refractivity contribution in [2.45, 2.75) is 12.8 Å². The van der Waals surface area contributed by atoms with Crippen LogP contribution in [0.15, 0.2) is 42.5 Å². The van der Waals surface area contributed by atoms with Crippen molar-refractivity contribution in [3.63, 3.8) is 0 Å². The Morgan fingerprint density at radius 1 is 1.17 bits per heavy atom. The zero-order valence-corrected chi connectivity index (χ0v) is 13.1. The van der Waals surface area contributed by atoms with Gasteiger partial charge in [-0.2, -0.15) is 0 Å². The minimum atomic E-state index is -1.20. The number of likely N-dealkylation sites (tertiary alicyclic amines) is 1. The molecule has 0 aliphatic carbocycles. The highest BCUT2D eigenvalue weighted by Crippen LogP contribution is 2.29. The number of quaternary nitrogens is 1. The number of hydrogen-bond donors (Lipinski definition) is 1. The largest absolute Gasteiger partial charge is 0.545 e. The maximum absolute atomic E-state index is 10.8. The molecule has 1 saturated heterocycles. The average molecular weight is 311 g/mol. The Kier molecular flexibility index (Phi) is 4.93. The van der Waals surface area contributed by atoms with Gasteiger partial charge in [0, 0.05) is 18.4 Å². The summed E-state index contributed by atoms with van der Waals surface area (Å²) in [6.45, 7) is 4.06. The molecule has 0 atom stereocenters. The summed E-state index contributed by atoms with van der Waals surface area (Å²) in [6, 6.07) is 11.8. The summed E-state index contributed by atoms with van der Waals surface area (Å²) in [5, 5.41) is 12.8. The van der Waals surface area contributed by atoms with E-state index in [1.54, 1.807) is 11.0 Å². The summed E-state index contributed by atoms with van der Waals surface area (Å²) in [4.78, 5) is 12.3. The third-order valence-electron chi connectivity index (χ3n) is 4.34. The molecule has 3 rings (SSSR count). The van der Waals surface area contributed by atoms with Gasteiger partial charge in [-0.25, -0.2) is 0 Å². The Labute approximate surface area is 136 Å². The van der Waals surface area contributed by atoms with Crippen LogP contribution in [0.1, 0.15) is 18.4 Å². The Balaban J connectivity index is 1.82. The number of benzene rings is 2. The van der Waals surface area contributed by atoms with Crippen LogP contribution in [-0.2, 0) is 4.79 Å². The van der Waals surface area contributed by atoms with E-state index in [9.17, 15) is 9.90 Å². The van der Waals surface area contributed by atoms with Crippen LogP contribution in [0.3, 0.4) is 0 Å². The molecule has 4 heteroatoms. The molecule has 23 heavy (non-hydrogen) atoms. The van der Waals surface area contributed by atoms with Gasteiger partial charge in [0.25, 0.3) is 0 Å². The SMILES string of the molecule is O=C([O-])/C=C/c1c(OCC[NH+]2CCCC2)ccc2ccccc12. The Hall–Kier alpha value is -2.33. The molecule has 0 amide bonds. The van der Waals surface area contributed by atoms with E-state index in [-0.39, 0.29) is 0 Å². The van der Waals surface area contributed by atoms with Gasteiger partial charge < -0.3 is 19.5 Å². The van der Waals surface area contributed by atoms with E-state index in [0.29, 0.717) is 6.61 Å². The van der Waals surface area contributed by atoms with Crippen molar-refractivity contribution in [3.05, 3.63) is 48.0 Å². The summed E-state index contributed by atoms with van der Waals surface area (Å²) in [6.07, 6.45) is 5.21. The minimum absolute atomic E-state index is 0.639. The van der Waals surface area contributed by atoms with Gasteiger partial charge in [0.05, 0.1) is 19.1 Å². The van der Waals surface area contributed by atoms with Crippen molar-refractivity contribution in [1.29, 1.82) is 0 Å². The maximum atomic E-state index is 10.8. The smallest absolute Gasteiger partial charge is 0.137 e. The van der Waals surface area contributed by atoms with E-state index in [2.05, 4.69) is 0 Å². The number of hydrogen-bond acceptors (Lipinski definition) is 3. The first-order chi connectivity index (χ1) is 11.2. The van der Waals surface area contributed by atoms with Gasteiger partial charge in [-0.15, -0.1) is 0 Å². The second-order valence-corrected chi connectivity index (χ2v) is 5.91. The molecule has 0 aromatic heterocycles. The third kappa shape index (κ3) is 3.90. The highest BCUT2D eigenvalue weighted by atomic mass is 16.5. The normalized spacial score (nSPS) is 15.5. The van der Waals surface area contributed by atoms with Crippen LogP contribution in [0.5, 0.6) is 5.75 Å². The highest BCUT2D eigenvalue weighted by Gasteiger charge is 2.15. The quantitative estimate of drug-likeness (QED) is 0.798. The lowest BCUT2D eigenvalue weighted by Crippen LogP contribution is -3.10. The molecule has 0 radical (unpaired) electrons. The molecule has 120 valence electrons. The number of carboxylic acid groups (broad SMARTS) is 1. The number of nitrogens with one attached hydrogen (secondary N) is 1. The first-order valence-corrected chi connectivity index (χ1v) is 8.11. The molecule has 4 nitrogen and oxygen atoms in total. The Morgan fingerprint density at radius 3 is 2.74 bits per heavy atom. The monoisotopic (exact) mass is 311 g/mol. The van der Waals surface area contributed by atoms with Crippen LogP contribution < -0.4 is 14.7 Å². The highest BCUT2D eigenvalue weighted by molar-refractivity contribution is 5.96. The van der Waals surface area contributed by atoms with Crippen LogP contribution in [0.25, 0.3) is 16.8 Å². The summed E-state index contributed by atoms with van der Waals surface area (Å²) >= 11 is 0. The molecular weight excluding hydrogens is 290 g/mol. The number of rotatable bonds is 6. The summed E-state index contributed by atoms with van der Waals surface area (Å²) in [7, 11) is 0. The number of fused-ring (bicyclic) bond motifs is 1. The van der Waals surface area contributed by atoms with Crippen LogP contribution in [0.4, 0.5) is 0 Å². The molecule has 1 heterocycles. The van der Waals surface area contributed by atoms with Gasteiger partial charge in [-0.05, 0) is 29.0 Å². The fourth-order valence-electron chi connectivity index (χ4n) is 3.16. The fraction of sp³-hybridized carbons (Fsp3) is 0.316. The molecule has 1 aliphatic heterocycles. The molecule has 2 aromatic rings. The number of carboxylic acids is 1. The van der Waals surface area contributed by atoms with Gasteiger partial charge in [-0.3, -0.25) is 0 Å². The van der Waals surface area contributed by atoms with Gasteiger partial charge in [0.2, 0.25) is 0 Å². The first-order valence-electron chi connectivity index (χ1n) is 8.11. The average Bonchev–Trinajstić information content (AvgIpc) is 3.06. The molecule has 2 aromatic carbocycles. The van der Waals surface area contributed by atoms with Crippen molar-refractivity contribution in [3.8, 4) is 5.75 Å². The van der Waals surface area contributed by atoms with Crippen molar-refractivity contribution in [2.75, 3.05) is 26.2 Å². The van der Waals surface area contributed by atoms with Crippen LogP contribution in [0.2, 0.25) is 0 Å². The number of ether oxygens (including phenoxy) is 1. The molecule has 1 N–H and O–H groups in total. The Bertz CT molecular complexity index is 718. The van der Waals surface area contributed by atoms with Crippen LogP contribution >= 0.6 is 0 Å². The molecule has 1 aliphatic rings. The number of carbonyl (C=O) groups is 1. The van der Waals surface area contributed by atoms with Crippen molar-refractivity contribution < 1.29 is 19.5 Å². The molecule has 0 unspecified atom stereocenters. The summed E-state index contributed by atoms with van der Waals surface area (Å²) < 4.78 is 5.95. The molecule has 1 fully saturated rings. The van der Waals surface area contributed by atoms with Gasteiger partial charge >= 0.3 is 0 Å². The molecular formula is C19H21NO3. The van der Waals surface area contributed by atoms with Crippen molar-refractivity contribution >= 4 is 22.8 Å². The zero-order chi connectivity index (χ0) is 16.1. The van der Waals surface area contributed by atoms with Crippen LogP contribution in [0, 0.1) is 0 Å². The lowest BCUT2D eigenvalue weighted by molar-refractivity contribution is -0.887. The predicted molar refractivity (Wildman–Crippen MR) is 88.3 cm³/mol. The zero-order valence-electron chi connectivity index (χ0n) is 13.1.